The SMILES string of the molecule is C[C@]12CC[C@H]3[C@@H](C[C@H](O)C4C/C(=N/O[C@@H]5CCNC5)CC[C@@]43C)[C@@H]1CC[C@@H]2O.Cl. The maximum absolute atomic E-state index is 11.2. The Labute approximate surface area is 181 Å². The lowest BCUT2D eigenvalue weighted by molar-refractivity contribution is -0.153. The second-order valence-electron chi connectivity index (χ2n) is 11.0. The maximum Gasteiger partial charge on any atom is 0.141 e. The smallest absolute Gasteiger partial charge is 0.141 e. The van der Waals surface area contributed by atoms with E-state index in [-0.39, 0.29) is 41.5 Å². The molecular formula is C23H39ClN2O3. The van der Waals surface area contributed by atoms with Crippen LogP contribution >= 0.6 is 12.4 Å². The van der Waals surface area contributed by atoms with Crippen LogP contribution in [0.15, 0.2) is 5.16 Å². The predicted octanol–water partition coefficient (Wildman–Crippen LogP) is 3.52. The van der Waals surface area contributed by atoms with E-state index in [0.717, 1.165) is 70.2 Å². The molecule has 29 heavy (non-hydrogen) atoms. The van der Waals surface area contributed by atoms with Crippen LogP contribution in [0.1, 0.15) is 71.6 Å². The molecule has 1 heterocycles. The van der Waals surface area contributed by atoms with Gasteiger partial charge in [-0.25, -0.2) is 0 Å². The van der Waals surface area contributed by atoms with Gasteiger partial charge in [-0.2, -0.15) is 0 Å². The Morgan fingerprint density at radius 3 is 2.55 bits per heavy atom. The fraction of sp³-hybridized carbons (Fsp3) is 0.957. The first-order valence-electron chi connectivity index (χ1n) is 11.7. The van der Waals surface area contributed by atoms with Gasteiger partial charge in [0.1, 0.15) is 6.10 Å². The van der Waals surface area contributed by atoms with Gasteiger partial charge in [-0.1, -0.05) is 19.0 Å². The summed E-state index contributed by atoms with van der Waals surface area (Å²) in [5.41, 5.74) is 1.43. The van der Waals surface area contributed by atoms with Crippen LogP contribution in [-0.4, -0.2) is 47.3 Å². The number of halogens is 1. The van der Waals surface area contributed by atoms with Gasteiger partial charge in [-0.3, -0.25) is 0 Å². The Kier molecular flexibility index (Phi) is 6.00. The number of rotatable bonds is 2. The van der Waals surface area contributed by atoms with Crippen molar-refractivity contribution >= 4 is 18.1 Å². The quantitative estimate of drug-likeness (QED) is 0.590. The monoisotopic (exact) mass is 426 g/mol. The highest BCUT2D eigenvalue weighted by atomic mass is 35.5. The molecule has 9 atom stereocenters. The first-order chi connectivity index (χ1) is 13.4. The standard InChI is InChI=1S/C23H38N2O3.ClH/c1-22-8-5-14(25-28-15-7-10-24-13-15)11-19(22)20(26)12-16-17-3-4-21(27)23(17,2)9-6-18(16)22;/h15-21,24,26-27H,3-13H2,1-2H3;1H/b25-14+;/t15-,16+,17+,18+,19?,20+,21+,22-,23+;/m1./s1. The summed E-state index contributed by atoms with van der Waals surface area (Å²) in [6, 6.07) is 0. The number of aliphatic hydroxyl groups excluding tert-OH is 2. The fourth-order valence-electron chi connectivity index (χ4n) is 8.02. The molecule has 6 heteroatoms. The van der Waals surface area contributed by atoms with Gasteiger partial charge >= 0.3 is 0 Å². The molecule has 0 aromatic carbocycles. The molecule has 0 spiro atoms. The minimum Gasteiger partial charge on any atom is -0.393 e. The summed E-state index contributed by atoms with van der Waals surface area (Å²) in [6.45, 7) is 6.68. The second-order valence-corrected chi connectivity index (χ2v) is 11.0. The van der Waals surface area contributed by atoms with E-state index in [0.29, 0.717) is 23.7 Å². The molecule has 0 aromatic heterocycles. The van der Waals surface area contributed by atoms with Gasteiger partial charge in [-0.05, 0) is 92.4 Å². The zero-order chi connectivity index (χ0) is 19.5. The molecule has 1 aliphatic heterocycles. The third-order valence-corrected chi connectivity index (χ3v) is 9.81. The summed E-state index contributed by atoms with van der Waals surface area (Å²) in [5, 5.41) is 29.7. The highest BCUT2D eigenvalue weighted by Gasteiger charge is 2.61. The van der Waals surface area contributed by atoms with E-state index in [1.165, 1.54) is 6.42 Å². The Morgan fingerprint density at radius 2 is 1.79 bits per heavy atom. The first kappa shape index (κ1) is 21.9. The third kappa shape index (κ3) is 3.44. The summed E-state index contributed by atoms with van der Waals surface area (Å²) in [5.74, 6) is 2.15. The highest BCUT2D eigenvalue weighted by molar-refractivity contribution is 5.85. The van der Waals surface area contributed by atoms with E-state index in [1.807, 2.05) is 0 Å². The number of hydrogen-bond acceptors (Lipinski definition) is 5. The van der Waals surface area contributed by atoms with Gasteiger partial charge < -0.3 is 20.4 Å². The van der Waals surface area contributed by atoms with E-state index in [9.17, 15) is 10.2 Å². The number of oxime groups is 1. The maximum atomic E-state index is 11.2. The summed E-state index contributed by atoms with van der Waals surface area (Å²) in [7, 11) is 0. The van der Waals surface area contributed by atoms with Crippen molar-refractivity contribution in [3.8, 4) is 0 Å². The number of nitrogens with one attached hydrogen (secondary N) is 1. The molecule has 5 rings (SSSR count). The number of aliphatic hydroxyl groups is 2. The molecule has 5 aliphatic rings. The van der Waals surface area contributed by atoms with Crippen molar-refractivity contribution in [2.45, 2.75) is 89.9 Å². The summed E-state index contributed by atoms with van der Waals surface area (Å²) in [6.07, 6.45) is 9.25. The molecule has 3 N–H and O–H groups in total. The fourth-order valence-corrected chi connectivity index (χ4v) is 8.02. The lowest BCUT2D eigenvalue weighted by atomic mass is 9.44. The van der Waals surface area contributed by atoms with Gasteiger partial charge in [0.2, 0.25) is 0 Å². The van der Waals surface area contributed by atoms with Crippen LogP contribution in [-0.2, 0) is 4.84 Å². The third-order valence-electron chi connectivity index (χ3n) is 9.81. The zero-order valence-corrected chi connectivity index (χ0v) is 18.8. The van der Waals surface area contributed by atoms with E-state index in [1.54, 1.807) is 0 Å². The molecule has 1 saturated heterocycles. The first-order valence-corrected chi connectivity index (χ1v) is 11.7. The van der Waals surface area contributed by atoms with Crippen LogP contribution in [0.5, 0.6) is 0 Å². The molecule has 4 saturated carbocycles. The minimum atomic E-state index is -0.245. The van der Waals surface area contributed by atoms with Crippen LogP contribution in [0, 0.1) is 34.5 Å². The molecule has 0 aromatic rings. The van der Waals surface area contributed by atoms with Crippen LogP contribution in [0.25, 0.3) is 0 Å². The van der Waals surface area contributed by atoms with Crippen molar-refractivity contribution in [3.05, 3.63) is 0 Å². The van der Waals surface area contributed by atoms with Crippen molar-refractivity contribution < 1.29 is 15.1 Å². The van der Waals surface area contributed by atoms with Crippen LogP contribution in [0.3, 0.4) is 0 Å². The van der Waals surface area contributed by atoms with Gasteiger partial charge in [-0.15, -0.1) is 12.4 Å². The molecule has 5 nitrogen and oxygen atoms in total. The largest absolute Gasteiger partial charge is 0.393 e. The Hall–Kier alpha value is -0.360. The normalized spacial score (nSPS) is 53.0. The van der Waals surface area contributed by atoms with Crippen molar-refractivity contribution in [1.82, 2.24) is 5.32 Å². The lowest BCUT2D eigenvalue weighted by Gasteiger charge is -2.61. The lowest BCUT2D eigenvalue weighted by Crippen LogP contribution is -2.58. The molecule has 0 radical (unpaired) electrons. The zero-order valence-electron chi connectivity index (χ0n) is 18.0. The number of hydrogen-bond donors (Lipinski definition) is 3. The average molecular weight is 427 g/mol. The van der Waals surface area contributed by atoms with Crippen molar-refractivity contribution in [3.63, 3.8) is 0 Å². The summed E-state index contributed by atoms with van der Waals surface area (Å²) in [4.78, 5) is 5.79. The van der Waals surface area contributed by atoms with Gasteiger partial charge in [0.15, 0.2) is 0 Å². The molecule has 1 unspecified atom stereocenters. The molecule has 0 amide bonds. The van der Waals surface area contributed by atoms with Gasteiger partial charge in [0.25, 0.3) is 0 Å². The van der Waals surface area contributed by atoms with E-state index in [2.05, 4.69) is 24.3 Å². The topological polar surface area (TPSA) is 74.1 Å². The number of nitrogens with zero attached hydrogens (tertiary/aromatic N) is 1. The highest BCUT2D eigenvalue weighted by Crippen LogP contribution is 2.66. The van der Waals surface area contributed by atoms with E-state index in [4.69, 9.17) is 4.84 Å². The Morgan fingerprint density at radius 1 is 1.00 bits per heavy atom. The Balaban J connectivity index is 0.00000205. The molecule has 0 bridgehead atoms. The number of fused-ring (bicyclic) bond motifs is 5. The van der Waals surface area contributed by atoms with Gasteiger partial charge in [0, 0.05) is 13.0 Å². The molecule has 166 valence electrons. The predicted molar refractivity (Wildman–Crippen MR) is 116 cm³/mol. The van der Waals surface area contributed by atoms with Gasteiger partial charge in [0.05, 0.1) is 17.9 Å². The van der Waals surface area contributed by atoms with Crippen molar-refractivity contribution in [2.24, 2.45) is 39.7 Å². The van der Waals surface area contributed by atoms with Crippen LogP contribution in [0.4, 0.5) is 0 Å². The van der Waals surface area contributed by atoms with Crippen LogP contribution in [0.2, 0.25) is 0 Å². The van der Waals surface area contributed by atoms with Crippen molar-refractivity contribution in [2.75, 3.05) is 13.1 Å². The molecule has 4 aliphatic carbocycles. The summed E-state index contributed by atoms with van der Waals surface area (Å²) >= 11 is 0. The average Bonchev–Trinajstić information content (AvgIpc) is 3.29. The summed E-state index contributed by atoms with van der Waals surface area (Å²) < 4.78 is 0. The Bertz CT molecular complexity index is 640. The van der Waals surface area contributed by atoms with Crippen molar-refractivity contribution in [1.29, 1.82) is 0 Å². The second kappa shape index (κ2) is 7.96. The molecule has 5 fully saturated rings. The van der Waals surface area contributed by atoms with E-state index >= 15 is 0 Å². The minimum absolute atomic E-state index is 0. The van der Waals surface area contributed by atoms with Crippen LogP contribution < -0.4 is 5.32 Å². The molecular weight excluding hydrogens is 388 g/mol. The van der Waals surface area contributed by atoms with E-state index < -0.39 is 0 Å².